The summed E-state index contributed by atoms with van der Waals surface area (Å²) in [7, 11) is 0. The molecule has 1 saturated heterocycles. The number of pyridine rings is 1. The summed E-state index contributed by atoms with van der Waals surface area (Å²) in [5.41, 5.74) is 5.56. The van der Waals surface area contributed by atoms with Crippen molar-refractivity contribution in [3.63, 3.8) is 0 Å². The maximum Gasteiger partial charge on any atom is 0.267 e. The van der Waals surface area contributed by atoms with Crippen molar-refractivity contribution in [2.75, 3.05) is 37.6 Å². The van der Waals surface area contributed by atoms with Gasteiger partial charge in [-0.3, -0.25) is 4.79 Å². The van der Waals surface area contributed by atoms with Gasteiger partial charge in [0.15, 0.2) is 0 Å². The highest BCUT2D eigenvalue weighted by molar-refractivity contribution is 5.91. The number of rotatable bonds is 3. The van der Waals surface area contributed by atoms with E-state index in [4.69, 9.17) is 5.73 Å². The van der Waals surface area contributed by atoms with Crippen molar-refractivity contribution < 1.29 is 4.79 Å². The first-order chi connectivity index (χ1) is 8.20. The van der Waals surface area contributed by atoms with Crippen molar-refractivity contribution in [3.05, 3.63) is 23.9 Å². The molecular formula is C12H18N4O. The fraction of sp³-hybridized carbons (Fsp3) is 0.500. The van der Waals surface area contributed by atoms with E-state index in [1.807, 2.05) is 12.1 Å². The SMILES string of the molecule is CCN1CCN(c2cccc(C(N)=O)n2)CC1. The lowest BCUT2D eigenvalue weighted by atomic mass is 10.3. The van der Waals surface area contributed by atoms with Crippen LogP contribution in [-0.4, -0.2) is 48.5 Å². The van der Waals surface area contributed by atoms with Crippen LogP contribution in [0.3, 0.4) is 0 Å². The molecule has 1 aromatic rings. The Morgan fingerprint density at radius 1 is 1.35 bits per heavy atom. The molecule has 92 valence electrons. The lowest BCUT2D eigenvalue weighted by Gasteiger charge is -2.34. The van der Waals surface area contributed by atoms with E-state index in [2.05, 4.69) is 21.7 Å². The summed E-state index contributed by atoms with van der Waals surface area (Å²) in [4.78, 5) is 19.9. The minimum Gasteiger partial charge on any atom is -0.364 e. The molecule has 5 nitrogen and oxygen atoms in total. The normalized spacial score (nSPS) is 17.1. The highest BCUT2D eigenvalue weighted by Crippen LogP contribution is 2.13. The fourth-order valence-corrected chi connectivity index (χ4v) is 2.03. The third-order valence-electron chi connectivity index (χ3n) is 3.13. The number of anilines is 1. The average molecular weight is 234 g/mol. The highest BCUT2D eigenvalue weighted by atomic mass is 16.1. The molecular weight excluding hydrogens is 216 g/mol. The number of nitrogens with zero attached hydrogens (tertiary/aromatic N) is 3. The second kappa shape index (κ2) is 5.14. The minimum absolute atomic E-state index is 0.334. The van der Waals surface area contributed by atoms with Crippen molar-refractivity contribution in [2.24, 2.45) is 5.73 Å². The van der Waals surface area contributed by atoms with E-state index in [9.17, 15) is 4.79 Å². The Kier molecular flexibility index (Phi) is 3.58. The number of hydrogen-bond acceptors (Lipinski definition) is 4. The van der Waals surface area contributed by atoms with Crippen LogP contribution in [0.5, 0.6) is 0 Å². The molecule has 1 aromatic heterocycles. The third-order valence-corrected chi connectivity index (χ3v) is 3.13. The van der Waals surface area contributed by atoms with E-state index < -0.39 is 5.91 Å². The van der Waals surface area contributed by atoms with Gasteiger partial charge >= 0.3 is 0 Å². The zero-order valence-corrected chi connectivity index (χ0v) is 10.1. The van der Waals surface area contributed by atoms with Gasteiger partial charge in [0.1, 0.15) is 11.5 Å². The molecule has 2 rings (SSSR count). The number of likely N-dealkylation sites (N-methyl/N-ethyl adjacent to an activating group) is 1. The van der Waals surface area contributed by atoms with Gasteiger partial charge < -0.3 is 15.5 Å². The van der Waals surface area contributed by atoms with Gasteiger partial charge in [-0.2, -0.15) is 0 Å². The van der Waals surface area contributed by atoms with Gasteiger partial charge in [0.2, 0.25) is 0 Å². The van der Waals surface area contributed by atoms with Gasteiger partial charge in [-0.15, -0.1) is 0 Å². The third kappa shape index (κ3) is 2.74. The van der Waals surface area contributed by atoms with Crippen LogP contribution in [0.25, 0.3) is 0 Å². The molecule has 0 unspecified atom stereocenters. The molecule has 0 aliphatic carbocycles. The van der Waals surface area contributed by atoms with Gasteiger partial charge in [-0.1, -0.05) is 13.0 Å². The molecule has 0 atom stereocenters. The summed E-state index contributed by atoms with van der Waals surface area (Å²) in [5.74, 6) is 0.371. The molecule has 1 amide bonds. The zero-order chi connectivity index (χ0) is 12.3. The monoisotopic (exact) mass is 234 g/mol. The molecule has 0 spiro atoms. The number of carbonyl (C=O) groups is 1. The number of hydrogen-bond donors (Lipinski definition) is 1. The number of carbonyl (C=O) groups excluding carboxylic acids is 1. The Labute approximate surface area is 101 Å². The van der Waals surface area contributed by atoms with E-state index in [0.29, 0.717) is 5.69 Å². The van der Waals surface area contributed by atoms with Crippen LogP contribution in [-0.2, 0) is 0 Å². The second-order valence-electron chi connectivity index (χ2n) is 4.17. The predicted octanol–water partition coefficient (Wildman–Crippen LogP) is 0.322. The van der Waals surface area contributed by atoms with E-state index >= 15 is 0 Å². The van der Waals surface area contributed by atoms with Crippen LogP contribution in [0.4, 0.5) is 5.82 Å². The van der Waals surface area contributed by atoms with E-state index in [-0.39, 0.29) is 0 Å². The van der Waals surface area contributed by atoms with E-state index in [1.54, 1.807) is 6.07 Å². The Hall–Kier alpha value is -1.62. The van der Waals surface area contributed by atoms with Crippen LogP contribution in [0, 0.1) is 0 Å². The number of primary amides is 1. The van der Waals surface area contributed by atoms with Crippen molar-refractivity contribution in [2.45, 2.75) is 6.92 Å². The Morgan fingerprint density at radius 3 is 2.65 bits per heavy atom. The smallest absolute Gasteiger partial charge is 0.267 e. The predicted molar refractivity (Wildman–Crippen MR) is 67.1 cm³/mol. The van der Waals surface area contributed by atoms with Gasteiger partial charge in [0, 0.05) is 26.2 Å². The summed E-state index contributed by atoms with van der Waals surface area (Å²) in [6.45, 7) is 7.23. The second-order valence-corrected chi connectivity index (χ2v) is 4.17. The highest BCUT2D eigenvalue weighted by Gasteiger charge is 2.17. The molecule has 1 fully saturated rings. The molecule has 0 saturated carbocycles. The van der Waals surface area contributed by atoms with Gasteiger partial charge in [-0.25, -0.2) is 4.98 Å². The van der Waals surface area contributed by atoms with Crippen LogP contribution in [0.2, 0.25) is 0 Å². The first kappa shape index (κ1) is 11.9. The molecule has 2 heterocycles. The number of aromatic nitrogens is 1. The largest absolute Gasteiger partial charge is 0.364 e. The Balaban J connectivity index is 2.08. The van der Waals surface area contributed by atoms with Crippen LogP contribution >= 0.6 is 0 Å². The first-order valence-corrected chi connectivity index (χ1v) is 5.95. The lowest BCUT2D eigenvalue weighted by molar-refractivity contribution is 0.0995. The Morgan fingerprint density at radius 2 is 2.06 bits per heavy atom. The maximum atomic E-state index is 11.1. The van der Waals surface area contributed by atoms with E-state index in [1.165, 1.54) is 0 Å². The topological polar surface area (TPSA) is 62.5 Å². The lowest BCUT2D eigenvalue weighted by Crippen LogP contribution is -2.46. The molecule has 17 heavy (non-hydrogen) atoms. The summed E-state index contributed by atoms with van der Waals surface area (Å²) < 4.78 is 0. The zero-order valence-electron chi connectivity index (χ0n) is 10.1. The van der Waals surface area contributed by atoms with Gasteiger partial charge in [-0.05, 0) is 18.7 Å². The average Bonchev–Trinajstić information content (AvgIpc) is 2.39. The minimum atomic E-state index is -0.473. The van der Waals surface area contributed by atoms with Crippen LogP contribution in [0.15, 0.2) is 18.2 Å². The van der Waals surface area contributed by atoms with Crippen molar-refractivity contribution in [3.8, 4) is 0 Å². The molecule has 2 N–H and O–H groups in total. The molecule has 1 aliphatic heterocycles. The standard InChI is InChI=1S/C12H18N4O/c1-2-15-6-8-16(9-7-15)11-5-3-4-10(14-11)12(13)17/h3-5H,2,6-9H2,1H3,(H2,13,17). The van der Waals surface area contributed by atoms with Crippen molar-refractivity contribution >= 4 is 11.7 Å². The maximum absolute atomic E-state index is 11.1. The molecule has 5 heteroatoms. The van der Waals surface area contributed by atoms with Gasteiger partial charge in [0.25, 0.3) is 5.91 Å². The first-order valence-electron chi connectivity index (χ1n) is 5.95. The van der Waals surface area contributed by atoms with Crippen LogP contribution < -0.4 is 10.6 Å². The summed E-state index contributed by atoms with van der Waals surface area (Å²) in [6.07, 6.45) is 0. The van der Waals surface area contributed by atoms with E-state index in [0.717, 1.165) is 38.5 Å². The number of amides is 1. The summed E-state index contributed by atoms with van der Waals surface area (Å²) >= 11 is 0. The fourth-order valence-electron chi connectivity index (χ4n) is 2.03. The molecule has 0 aromatic carbocycles. The Bertz CT molecular complexity index is 399. The molecule has 0 radical (unpaired) electrons. The van der Waals surface area contributed by atoms with Crippen molar-refractivity contribution in [1.82, 2.24) is 9.88 Å². The number of piperazine rings is 1. The van der Waals surface area contributed by atoms with Crippen LogP contribution in [0.1, 0.15) is 17.4 Å². The quantitative estimate of drug-likeness (QED) is 0.818. The van der Waals surface area contributed by atoms with Gasteiger partial charge in [0.05, 0.1) is 0 Å². The molecule has 1 aliphatic rings. The van der Waals surface area contributed by atoms with Crippen molar-refractivity contribution in [1.29, 1.82) is 0 Å². The molecule has 0 bridgehead atoms. The summed E-state index contributed by atoms with van der Waals surface area (Å²) in [6, 6.07) is 5.40. The summed E-state index contributed by atoms with van der Waals surface area (Å²) in [5, 5.41) is 0. The number of nitrogens with two attached hydrogens (primary N) is 1.